The van der Waals surface area contributed by atoms with Gasteiger partial charge >= 0.3 is 12.1 Å². The molecule has 7 rings (SSSR count). The molecule has 5 unspecified atom stereocenters. The zero-order valence-electron chi connectivity index (χ0n) is 32.1. The molecule has 56 heavy (non-hydrogen) atoms. The predicted molar refractivity (Wildman–Crippen MR) is 208 cm³/mol. The number of fused-ring (bicyclic) bond motifs is 1. The number of sulfonamides is 1. The van der Waals surface area contributed by atoms with Crippen LogP contribution in [0.2, 0.25) is 0 Å². The van der Waals surface area contributed by atoms with Crippen molar-refractivity contribution in [3.8, 4) is 22.8 Å². The van der Waals surface area contributed by atoms with E-state index in [-0.39, 0.29) is 49.8 Å². The van der Waals surface area contributed by atoms with E-state index in [1.165, 1.54) is 4.90 Å². The Hall–Kier alpha value is -4.92. The van der Waals surface area contributed by atoms with Crippen LogP contribution < -0.4 is 19.5 Å². The van der Waals surface area contributed by atoms with Crippen molar-refractivity contribution in [2.75, 3.05) is 20.2 Å². The van der Waals surface area contributed by atoms with Gasteiger partial charge in [-0.3, -0.25) is 14.5 Å². The Morgan fingerprint density at radius 1 is 0.982 bits per heavy atom. The van der Waals surface area contributed by atoms with Crippen LogP contribution in [0, 0.1) is 11.8 Å². The molecule has 2 aromatic carbocycles. The van der Waals surface area contributed by atoms with Crippen molar-refractivity contribution in [1.82, 2.24) is 24.8 Å². The Kier molecular flexibility index (Phi) is 11.7. The molecule has 4 fully saturated rings. The monoisotopic (exact) mass is 789 g/mol. The second kappa shape index (κ2) is 16.7. The van der Waals surface area contributed by atoms with Crippen molar-refractivity contribution < 1.29 is 41.8 Å². The molecular formula is C41H51N5O9S. The topological polar surface area (TPSA) is 174 Å². The lowest BCUT2D eigenvalue weighted by Gasteiger charge is -2.30. The van der Waals surface area contributed by atoms with Crippen LogP contribution in [-0.4, -0.2) is 96.9 Å². The van der Waals surface area contributed by atoms with Crippen LogP contribution >= 0.6 is 0 Å². The summed E-state index contributed by atoms with van der Waals surface area (Å²) in [5.41, 5.74) is 2.16. The first kappa shape index (κ1) is 39.3. The molecule has 1 saturated heterocycles. The number of methoxy groups -OCH3 is 1. The lowest BCUT2D eigenvalue weighted by Crippen LogP contribution is -2.55. The highest BCUT2D eigenvalue weighted by atomic mass is 32.2. The van der Waals surface area contributed by atoms with Gasteiger partial charge in [0, 0.05) is 48.5 Å². The third-order valence-corrected chi connectivity index (χ3v) is 13.1. The Bertz CT molecular complexity index is 2050. The Labute approximate surface area is 327 Å². The number of aromatic nitrogens is 1. The number of pyridine rings is 1. The highest BCUT2D eigenvalue weighted by Gasteiger charge is 2.52. The van der Waals surface area contributed by atoms with Gasteiger partial charge in [-0.1, -0.05) is 50.6 Å². The number of alkyl carbamates (subject to hydrolysis) is 1. The van der Waals surface area contributed by atoms with Gasteiger partial charge in [0.2, 0.25) is 15.9 Å². The Balaban J connectivity index is 1.15. The van der Waals surface area contributed by atoms with Gasteiger partial charge in [-0.2, -0.15) is 0 Å². The number of carbonyl (C=O) groups excluding carboxylic acids is 4. The average molecular weight is 790 g/mol. The number of nitrogens with one attached hydrogen (secondary N) is 2. The number of amides is 5. The standard InChI is InChI=1S/C41H51N5O9S/c1-4-26-19-35(26)46(40(49)44-56(51,52)31-15-16-31)39(48)36-21-30(24-45(36)38(47)18-25(2)23-42-41(50)55-28-12-8-9-13-28)54-37-22-33(27-10-6-5-7-11-27)43-34-20-29(53-3)14-17-32(34)37/h5-7,10-11,14,17,20,22,25-26,28,30-31,35-36H,4,8-9,12-13,15-16,18-19,21,23-24H2,1-3H3,(H,42,50)(H,44,49). The molecule has 2 N–H and O–H groups in total. The van der Waals surface area contributed by atoms with Crippen LogP contribution in [0.3, 0.4) is 0 Å². The minimum Gasteiger partial charge on any atom is -0.497 e. The third kappa shape index (κ3) is 9.03. The second-order valence-corrected chi connectivity index (χ2v) is 17.6. The maximum Gasteiger partial charge on any atom is 0.407 e. The zero-order chi connectivity index (χ0) is 39.6. The molecule has 3 saturated carbocycles. The minimum absolute atomic E-state index is 0.000382. The average Bonchev–Trinajstić information content (AvgIpc) is 4.09. The summed E-state index contributed by atoms with van der Waals surface area (Å²) in [7, 11) is -2.37. The molecule has 15 heteroatoms. The van der Waals surface area contributed by atoms with Gasteiger partial charge in [0.25, 0.3) is 5.91 Å². The largest absolute Gasteiger partial charge is 0.497 e. The first-order valence-corrected chi connectivity index (χ1v) is 21.3. The van der Waals surface area contributed by atoms with Crippen LogP contribution in [0.5, 0.6) is 11.5 Å². The first-order valence-electron chi connectivity index (χ1n) is 19.8. The first-order chi connectivity index (χ1) is 26.9. The van der Waals surface area contributed by atoms with Gasteiger partial charge in [0.1, 0.15) is 29.7 Å². The zero-order valence-corrected chi connectivity index (χ0v) is 33.0. The van der Waals surface area contributed by atoms with E-state index in [1.54, 1.807) is 13.2 Å². The van der Waals surface area contributed by atoms with Crippen molar-refractivity contribution in [2.24, 2.45) is 11.8 Å². The van der Waals surface area contributed by atoms with Crippen molar-refractivity contribution in [3.05, 3.63) is 54.6 Å². The van der Waals surface area contributed by atoms with Crippen molar-refractivity contribution in [2.45, 2.75) is 108 Å². The summed E-state index contributed by atoms with van der Waals surface area (Å²) in [6, 6.07) is 14.4. The number of hydrogen-bond acceptors (Lipinski definition) is 10. The number of rotatable bonds is 14. The van der Waals surface area contributed by atoms with Crippen molar-refractivity contribution in [3.63, 3.8) is 0 Å². The molecule has 1 aromatic heterocycles. The fraction of sp³-hybridized carbons (Fsp3) is 0.537. The highest BCUT2D eigenvalue weighted by Crippen LogP contribution is 2.41. The number of imide groups is 1. The number of carbonyl (C=O) groups is 4. The van der Waals surface area contributed by atoms with E-state index in [9.17, 15) is 27.6 Å². The van der Waals surface area contributed by atoms with Crippen LogP contribution in [0.4, 0.5) is 9.59 Å². The SMILES string of the molecule is CCC1CC1N(C(=O)NS(=O)(=O)C1CC1)C(=O)C1CC(Oc2cc(-c3ccccc3)nc3cc(OC)ccc23)CN1C(=O)CC(C)CNC(=O)OC1CCCC1. The molecule has 300 valence electrons. The van der Waals surface area contributed by atoms with E-state index < -0.39 is 51.5 Å². The number of ether oxygens (including phenoxy) is 3. The maximum atomic E-state index is 14.6. The smallest absolute Gasteiger partial charge is 0.407 e. The van der Waals surface area contributed by atoms with Gasteiger partial charge in [-0.25, -0.2) is 27.7 Å². The summed E-state index contributed by atoms with van der Waals surface area (Å²) in [6.07, 6.45) is 4.68. The van der Waals surface area contributed by atoms with Crippen molar-refractivity contribution >= 4 is 44.9 Å². The summed E-state index contributed by atoms with van der Waals surface area (Å²) in [4.78, 5) is 62.3. The van der Waals surface area contributed by atoms with Gasteiger partial charge in [0.05, 0.1) is 30.1 Å². The molecular weight excluding hydrogens is 739 g/mol. The number of benzene rings is 2. The summed E-state index contributed by atoms with van der Waals surface area (Å²) in [5, 5.41) is 2.82. The van der Waals surface area contributed by atoms with E-state index in [4.69, 9.17) is 19.2 Å². The quantitative estimate of drug-likeness (QED) is 0.204. The molecule has 0 radical (unpaired) electrons. The number of likely N-dealkylation sites (tertiary alicyclic amines) is 1. The Morgan fingerprint density at radius 2 is 1.73 bits per heavy atom. The molecule has 4 aliphatic rings. The maximum absolute atomic E-state index is 14.6. The molecule has 2 heterocycles. The second-order valence-electron chi connectivity index (χ2n) is 15.6. The molecule has 14 nitrogen and oxygen atoms in total. The van der Waals surface area contributed by atoms with E-state index in [2.05, 4.69) is 10.0 Å². The molecule has 5 amide bonds. The predicted octanol–water partition coefficient (Wildman–Crippen LogP) is 5.78. The van der Waals surface area contributed by atoms with E-state index >= 15 is 0 Å². The van der Waals surface area contributed by atoms with E-state index in [0.29, 0.717) is 53.8 Å². The summed E-state index contributed by atoms with van der Waals surface area (Å²) in [5.74, 6) is -0.160. The third-order valence-electron chi connectivity index (χ3n) is 11.3. The van der Waals surface area contributed by atoms with Crippen molar-refractivity contribution in [1.29, 1.82) is 0 Å². The van der Waals surface area contributed by atoms with Gasteiger partial charge in [-0.15, -0.1) is 0 Å². The molecule has 3 aromatic rings. The Morgan fingerprint density at radius 3 is 2.41 bits per heavy atom. The van der Waals surface area contributed by atoms with Crippen LogP contribution in [0.25, 0.3) is 22.2 Å². The lowest BCUT2D eigenvalue weighted by molar-refractivity contribution is -0.142. The molecule has 0 spiro atoms. The molecule has 5 atom stereocenters. The fourth-order valence-corrected chi connectivity index (χ4v) is 9.13. The number of urea groups is 1. The van der Waals surface area contributed by atoms with Crippen LogP contribution in [-0.2, 0) is 24.3 Å². The number of hydrogen-bond donors (Lipinski definition) is 2. The van der Waals surface area contributed by atoms with Crippen LogP contribution in [0.15, 0.2) is 54.6 Å². The van der Waals surface area contributed by atoms with Gasteiger partial charge in [0.15, 0.2) is 0 Å². The molecule has 0 bridgehead atoms. The van der Waals surface area contributed by atoms with E-state index in [0.717, 1.165) is 36.1 Å². The fourth-order valence-electron chi connectivity index (χ4n) is 7.87. The van der Waals surface area contributed by atoms with Gasteiger partial charge < -0.3 is 24.4 Å². The lowest BCUT2D eigenvalue weighted by atomic mass is 10.1. The normalized spacial score (nSPS) is 22.7. The minimum atomic E-state index is -3.95. The summed E-state index contributed by atoms with van der Waals surface area (Å²) >= 11 is 0. The highest BCUT2D eigenvalue weighted by molar-refractivity contribution is 7.90. The number of nitrogens with zero attached hydrogens (tertiary/aromatic N) is 3. The van der Waals surface area contributed by atoms with Gasteiger partial charge in [-0.05, 0) is 68.9 Å². The van der Waals surface area contributed by atoms with Crippen LogP contribution in [0.1, 0.15) is 78.1 Å². The summed E-state index contributed by atoms with van der Waals surface area (Å²) < 4.78 is 45.6. The van der Waals surface area contributed by atoms with E-state index in [1.807, 2.05) is 62.4 Å². The molecule has 1 aliphatic heterocycles. The molecule has 3 aliphatic carbocycles. The summed E-state index contributed by atoms with van der Waals surface area (Å²) in [6.45, 7) is 4.01.